The van der Waals surface area contributed by atoms with Gasteiger partial charge in [-0.2, -0.15) is 0 Å². The largest absolute Gasteiger partial charge is 0.457 e. The van der Waals surface area contributed by atoms with Gasteiger partial charge in [0.15, 0.2) is 5.78 Å². The number of hydrogen-bond donors (Lipinski definition) is 3. The first-order chi connectivity index (χ1) is 16.4. The molecule has 0 saturated heterocycles. The molecule has 3 N–H and O–H groups in total. The lowest BCUT2D eigenvalue weighted by Gasteiger charge is -2.35. The number of ketones is 1. The minimum atomic E-state index is -1.06. The molecule has 8 nitrogen and oxygen atoms in total. The van der Waals surface area contributed by atoms with Gasteiger partial charge in [0.1, 0.15) is 28.5 Å². The van der Waals surface area contributed by atoms with Crippen molar-refractivity contribution in [3.63, 3.8) is 0 Å². The predicted octanol–water partition coefficient (Wildman–Crippen LogP) is 4.49. The lowest BCUT2D eigenvalue weighted by molar-refractivity contribution is -0.121. The number of benzene rings is 2. The van der Waals surface area contributed by atoms with Crippen LogP contribution in [0.15, 0.2) is 60.9 Å². The van der Waals surface area contributed by atoms with E-state index in [0.717, 1.165) is 0 Å². The fourth-order valence-electron chi connectivity index (χ4n) is 4.00. The highest BCUT2D eigenvalue weighted by Gasteiger charge is 2.39. The second-order valence-corrected chi connectivity index (χ2v) is 8.20. The Hall–Kier alpha value is -4.24. The number of nitrogens with one attached hydrogen (secondary N) is 3. The van der Waals surface area contributed by atoms with Crippen molar-refractivity contribution in [3.8, 4) is 11.5 Å². The molecule has 4 aromatic rings. The summed E-state index contributed by atoms with van der Waals surface area (Å²) in [6.07, 6.45) is 2.98. The van der Waals surface area contributed by atoms with Gasteiger partial charge in [-0.15, -0.1) is 0 Å². The molecule has 2 aromatic carbocycles. The number of anilines is 2. The van der Waals surface area contributed by atoms with Gasteiger partial charge >= 0.3 is 0 Å². The molecule has 0 fully saturated rings. The Kier molecular flexibility index (Phi) is 5.25. The molecule has 1 aliphatic heterocycles. The first-order valence-corrected chi connectivity index (χ1v) is 10.6. The number of H-pyrrole nitrogens is 1. The predicted molar refractivity (Wildman–Crippen MR) is 125 cm³/mol. The maximum atomic E-state index is 15.0. The minimum Gasteiger partial charge on any atom is -0.457 e. The van der Waals surface area contributed by atoms with Crippen LogP contribution in [0.2, 0.25) is 0 Å². The Bertz CT molecular complexity index is 1420. The summed E-state index contributed by atoms with van der Waals surface area (Å²) in [5, 5.41) is 6.45. The molecule has 2 aromatic heterocycles. The number of amides is 1. The molecule has 1 unspecified atom stereocenters. The smallest absolute Gasteiger partial charge is 0.252 e. The number of ether oxygens (including phenoxy) is 2. The summed E-state index contributed by atoms with van der Waals surface area (Å²) in [7, 11) is 1.50. The highest BCUT2D eigenvalue weighted by Crippen LogP contribution is 2.39. The Balaban J connectivity index is 1.52. The number of pyridine rings is 1. The topological polar surface area (TPSA) is 105 Å². The lowest BCUT2D eigenvalue weighted by atomic mass is 9.96. The summed E-state index contributed by atoms with van der Waals surface area (Å²) in [5.74, 6) is -0.694. The number of carbonyl (C=O) groups is 2. The molecule has 0 saturated carbocycles. The molecule has 0 radical (unpaired) electrons. The minimum absolute atomic E-state index is 0.104. The highest BCUT2D eigenvalue weighted by molar-refractivity contribution is 6.21. The van der Waals surface area contributed by atoms with Gasteiger partial charge in [-0.1, -0.05) is 18.2 Å². The Labute approximate surface area is 194 Å². The highest BCUT2D eigenvalue weighted by atomic mass is 19.1. The van der Waals surface area contributed by atoms with Crippen LogP contribution in [0.25, 0.3) is 11.0 Å². The Morgan fingerprint density at radius 2 is 1.91 bits per heavy atom. The standard InChI is InChI=1S/C25H21FN4O4/c1-25(13-33-2)24(32)29-19-12-28-23-20(21(19)30-25)17(11-27-23)22(31)16-9-8-15(10-18(16)26)34-14-6-4-3-5-7-14/h3-12,30H,13H2,1-2H3,(H,27,28)(H,29,32). The number of aromatic nitrogens is 2. The van der Waals surface area contributed by atoms with Crippen molar-refractivity contribution in [1.29, 1.82) is 0 Å². The average molecular weight is 460 g/mol. The molecule has 0 spiro atoms. The monoisotopic (exact) mass is 460 g/mol. The molecular weight excluding hydrogens is 439 g/mol. The maximum Gasteiger partial charge on any atom is 0.252 e. The molecule has 5 rings (SSSR count). The zero-order chi connectivity index (χ0) is 23.9. The zero-order valence-corrected chi connectivity index (χ0v) is 18.4. The van der Waals surface area contributed by atoms with Crippen molar-refractivity contribution in [2.45, 2.75) is 12.5 Å². The third kappa shape index (κ3) is 3.65. The average Bonchev–Trinajstić information content (AvgIpc) is 3.25. The van der Waals surface area contributed by atoms with Crippen LogP contribution in [0.4, 0.5) is 15.8 Å². The Morgan fingerprint density at radius 3 is 2.65 bits per heavy atom. The van der Waals surface area contributed by atoms with Gasteiger partial charge in [-0.05, 0) is 31.2 Å². The van der Waals surface area contributed by atoms with Crippen molar-refractivity contribution >= 4 is 34.1 Å². The van der Waals surface area contributed by atoms with Crippen LogP contribution in [0.1, 0.15) is 22.8 Å². The molecular formula is C25H21FN4O4. The first-order valence-electron chi connectivity index (χ1n) is 10.6. The van der Waals surface area contributed by atoms with Gasteiger partial charge in [-0.25, -0.2) is 9.37 Å². The number of methoxy groups -OCH3 is 1. The van der Waals surface area contributed by atoms with E-state index in [1.807, 2.05) is 18.2 Å². The van der Waals surface area contributed by atoms with E-state index in [2.05, 4.69) is 20.6 Å². The number of rotatable bonds is 6. The number of para-hydroxylation sites is 1. The quantitative estimate of drug-likeness (QED) is 0.366. The van der Waals surface area contributed by atoms with Crippen LogP contribution >= 0.6 is 0 Å². The molecule has 0 bridgehead atoms. The summed E-state index contributed by atoms with van der Waals surface area (Å²) in [4.78, 5) is 33.2. The van der Waals surface area contributed by atoms with E-state index in [1.54, 1.807) is 25.1 Å². The van der Waals surface area contributed by atoms with E-state index >= 15 is 0 Å². The van der Waals surface area contributed by atoms with Crippen LogP contribution in [0.3, 0.4) is 0 Å². The molecule has 172 valence electrons. The zero-order valence-electron chi connectivity index (χ0n) is 18.4. The molecule has 3 heterocycles. The van der Waals surface area contributed by atoms with E-state index in [0.29, 0.717) is 28.2 Å². The molecule has 1 atom stereocenters. The van der Waals surface area contributed by atoms with E-state index < -0.39 is 17.1 Å². The van der Waals surface area contributed by atoms with Gasteiger partial charge in [0, 0.05) is 19.4 Å². The number of fused-ring (bicyclic) bond motifs is 3. The second-order valence-electron chi connectivity index (χ2n) is 8.20. The normalized spacial score (nSPS) is 17.1. The van der Waals surface area contributed by atoms with Gasteiger partial charge in [0.25, 0.3) is 5.91 Å². The molecule has 34 heavy (non-hydrogen) atoms. The van der Waals surface area contributed by atoms with Crippen LogP contribution < -0.4 is 15.4 Å². The molecule has 1 aliphatic rings. The molecule has 9 heteroatoms. The van der Waals surface area contributed by atoms with Crippen LogP contribution in [-0.2, 0) is 9.53 Å². The first kappa shape index (κ1) is 21.6. The van der Waals surface area contributed by atoms with Crippen molar-refractivity contribution in [3.05, 3.63) is 77.9 Å². The second kappa shape index (κ2) is 8.27. The fourth-order valence-corrected chi connectivity index (χ4v) is 4.00. The van der Waals surface area contributed by atoms with Gasteiger partial charge in [0.2, 0.25) is 0 Å². The SMILES string of the molecule is COCC1(C)Nc2c(cnc3[nH]cc(C(=O)c4ccc(Oc5ccccc5)cc4F)c23)NC1=O. The number of aromatic amines is 1. The summed E-state index contributed by atoms with van der Waals surface area (Å²) < 4.78 is 25.9. The summed E-state index contributed by atoms with van der Waals surface area (Å²) in [5.41, 5.74) is 0.409. The number of hydrogen-bond acceptors (Lipinski definition) is 6. The summed E-state index contributed by atoms with van der Waals surface area (Å²) >= 11 is 0. The van der Waals surface area contributed by atoms with Crippen LogP contribution in [0, 0.1) is 5.82 Å². The van der Waals surface area contributed by atoms with Gasteiger partial charge < -0.3 is 25.1 Å². The lowest BCUT2D eigenvalue weighted by Crippen LogP contribution is -2.53. The van der Waals surface area contributed by atoms with Crippen LogP contribution in [0.5, 0.6) is 11.5 Å². The maximum absolute atomic E-state index is 15.0. The number of halogens is 1. The van der Waals surface area contributed by atoms with E-state index in [4.69, 9.17) is 9.47 Å². The van der Waals surface area contributed by atoms with Crippen LogP contribution in [-0.4, -0.2) is 40.9 Å². The number of carbonyl (C=O) groups excluding carboxylic acids is 2. The fraction of sp³-hybridized carbons (Fsp3) is 0.160. The van der Waals surface area contributed by atoms with Gasteiger partial charge in [-0.3, -0.25) is 9.59 Å². The van der Waals surface area contributed by atoms with Crippen molar-refractivity contribution < 1.29 is 23.5 Å². The number of nitrogens with zero attached hydrogens (tertiary/aromatic N) is 1. The van der Waals surface area contributed by atoms with Crippen molar-refractivity contribution in [2.75, 3.05) is 24.4 Å². The molecule has 0 aliphatic carbocycles. The van der Waals surface area contributed by atoms with Crippen molar-refractivity contribution in [1.82, 2.24) is 9.97 Å². The summed E-state index contributed by atoms with van der Waals surface area (Å²) in [6.45, 7) is 1.80. The van der Waals surface area contributed by atoms with Crippen molar-refractivity contribution in [2.24, 2.45) is 0 Å². The molecule has 1 amide bonds. The third-order valence-electron chi connectivity index (χ3n) is 5.69. The third-order valence-corrected chi connectivity index (χ3v) is 5.69. The van der Waals surface area contributed by atoms with E-state index in [9.17, 15) is 14.0 Å². The van der Waals surface area contributed by atoms with Gasteiger partial charge in [0.05, 0.1) is 40.7 Å². The summed E-state index contributed by atoms with van der Waals surface area (Å²) in [6, 6.07) is 13.1. The Morgan fingerprint density at radius 1 is 1.12 bits per heavy atom. The van der Waals surface area contributed by atoms with E-state index in [-0.39, 0.29) is 29.4 Å². The van der Waals surface area contributed by atoms with E-state index in [1.165, 1.54) is 31.6 Å².